The van der Waals surface area contributed by atoms with Crippen molar-refractivity contribution in [1.82, 2.24) is 2.89 Å². The molecule has 0 amide bonds. The van der Waals surface area contributed by atoms with Crippen LogP contribution < -0.4 is 0 Å². The summed E-state index contributed by atoms with van der Waals surface area (Å²) in [6, 6.07) is 0. The Bertz CT molecular complexity index is 14.4. The van der Waals surface area contributed by atoms with Crippen LogP contribution in [0.25, 0.3) is 0 Å². The van der Waals surface area contributed by atoms with Crippen LogP contribution in [0, 0.1) is 0 Å². The standard InChI is InChI=1S/C2H6N.Hf.H/c1-3-2;;/h1-2H3;;/q-1;+1;-1. The monoisotopic (exact) mass is 225 g/mol. The van der Waals surface area contributed by atoms with Crippen LogP contribution >= 0.6 is 0 Å². The molecule has 0 N–H and O–H groups in total. The van der Waals surface area contributed by atoms with E-state index >= 15 is 0 Å². The zero-order valence-electron chi connectivity index (χ0n) is 3.95. The second-order valence-electron chi connectivity index (χ2n) is 0.894. The minimum Gasteiger partial charge on any atom is -1.00 e. The summed E-state index contributed by atoms with van der Waals surface area (Å²) in [5.41, 5.74) is 0. The largest absolute Gasteiger partial charge is 1.00 e. The van der Waals surface area contributed by atoms with E-state index in [1.165, 1.54) is 24.7 Å². The molecule has 0 aliphatic heterocycles. The first-order chi connectivity index (χ1) is 1.73. The van der Waals surface area contributed by atoms with Crippen molar-refractivity contribution in [2.24, 2.45) is 0 Å². The number of rotatable bonds is 0. The molecule has 0 aliphatic carbocycles. The molecule has 25 valence electrons. The Morgan fingerprint density at radius 1 is 1.75 bits per heavy atom. The van der Waals surface area contributed by atoms with Gasteiger partial charge in [-0.1, -0.05) is 0 Å². The van der Waals surface area contributed by atoms with Gasteiger partial charge >= 0.3 is 41.6 Å². The second kappa shape index (κ2) is 2.09. The van der Waals surface area contributed by atoms with Crippen molar-refractivity contribution in [2.75, 3.05) is 14.1 Å². The van der Waals surface area contributed by atoms with E-state index in [1.54, 1.807) is 0 Å². The molecule has 0 saturated heterocycles. The van der Waals surface area contributed by atoms with Gasteiger partial charge in [0.1, 0.15) is 0 Å². The molecule has 0 spiro atoms. The quantitative estimate of drug-likeness (QED) is 0.528. The van der Waals surface area contributed by atoms with Crippen LogP contribution in [-0.4, -0.2) is 17.0 Å². The van der Waals surface area contributed by atoms with Crippen molar-refractivity contribution in [3.8, 4) is 0 Å². The third kappa shape index (κ3) is 13.8. The first kappa shape index (κ1) is 4.83. The fraction of sp³-hybridized carbons (Fsp3) is 1.00. The third-order valence-electron chi connectivity index (χ3n) is 0. The van der Waals surface area contributed by atoms with Gasteiger partial charge in [0.2, 0.25) is 0 Å². The summed E-state index contributed by atoms with van der Waals surface area (Å²) in [7, 11) is 4.12. The molecule has 2 heteroatoms. The van der Waals surface area contributed by atoms with Crippen LogP contribution in [0.1, 0.15) is 1.43 Å². The van der Waals surface area contributed by atoms with Gasteiger partial charge in [-0.15, -0.1) is 0 Å². The Kier molecular flexibility index (Phi) is 2.53. The molecule has 0 unspecified atom stereocenters. The van der Waals surface area contributed by atoms with Crippen LogP contribution in [0.15, 0.2) is 0 Å². The van der Waals surface area contributed by atoms with Crippen LogP contribution in [0.2, 0.25) is 0 Å². The van der Waals surface area contributed by atoms with Gasteiger partial charge in [0, 0.05) is 0 Å². The molecule has 0 radical (unpaired) electrons. The predicted molar refractivity (Wildman–Crippen MR) is 14.8 cm³/mol. The van der Waals surface area contributed by atoms with E-state index in [0.29, 0.717) is 0 Å². The molecule has 0 aromatic rings. The molecular weight excluding hydrogens is 217 g/mol. The number of nitrogens with zero attached hydrogens (tertiary/aromatic N) is 1. The van der Waals surface area contributed by atoms with Crippen LogP contribution in [-0.2, 0) is 24.7 Å². The van der Waals surface area contributed by atoms with Crippen LogP contribution in [0.5, 0.6) is 0 Å². The Hall–Kier alpha value is 0.830. The van der Waals surface area contributed by atoms with E-state index in [2.05, 4.69) is 17.0 Å². The minimum atomic E-state index is 0. The van der Waals surface area contributed by atoms with Crippen molar-refractivity contribution in [3.05, 3.63) is 0 Å². The summed E-state index contributed by atoms with van der Waals surface area (Å²) in [5.74, 6) is 0. The smallest absolute Gasteiger partial charge is 1.00 e. The molecule has 0 aromatic heterocycles. The molecular formula is C2H7HfN-. The third-order valence-corrected chi connectivity index (χ3v) is 0. The summed E-state index contributed by atoms with van der Waals surface area (Å²) in [4.78, 5) is 0. The van der Waals surface area contributed by atoms with Gasteiger partial charge in [0.15, 0.2) is 0 Å². The van der Waals surface area contributed by atoms with E-state index in [9.17, 15) is 0 Å². The average Bonchev–Trinajstić information content (AvgIpc) is 0.811. The maximum atomic E-state index is 2.14. The van der Waals surface area contributed by atoms with Gasteiger partial charge in [-0.3, -0.25) is 0 Å². The Balaban J connectivity index is 0. The first-order valence-electron chi connectivity index (χ1n) is 1.12. The molecule has 4 heavy (non-hydrogen) atoms. The Labute approximate surface area is 43.4 Å². The topological polar surface area (TPSA) is 3.24 Å². The van der Waals surface area contributed by atoms with Gasteiger partial charge in [-0.05, 0) is 0 Å². The van der Waals surface area contributed by atoms with E-state index in [1.807, 2.05) is 0 Å². The van der Waals surface area contributed by atoms with Crippen LogP contribution in [0.4, 0.5) is 0 Å². The molecule has 0 bridgehead atoms. The van der Waals surface area contributed by atoms with E-state index < -0.39 is 0 Å². The van der Waals surface area contributed by atoms with Gasteiger partial charge in [-0.25, -0.2) is 0 Å². The fourth-order valence-electron chi connectivity index (χ4n) is 0. The van der Waals surface area contributed by atoms with Gasteiger partial charge < -0.3 is 1.43 Å². The van der Waals surface area contributed by atoms with Crippen molar-refractivity contribution >= 4 is 0 Å². The van der Waals surface area contributed by atoms with Crippen LogP contribution in [0.3, 0.4) is 0 Å². The van der Waals surface area contributed by atoms with E-state index in [4.69, 9.17) is 0 Å². The number of hydrogen-bond donors (Lipinski definition) is 0. The van der Waals surface area contributed by atoms with Gasteiger partial charge in [-0.2, -0.15) is 0 Å². The number of hydrogen-bond acceptors (Lipinski definition) is 1. The molecule has 0 rings (SSSR count). The summed E-state index contributed by atoms with van der Waals surface area (Å²) in [6.07, 6.45) is 0. The van der Waals surface area contributed by atoms with Crippen molar-refractivity contribution < 1.29 is 26.1 Å². The average molecular weight is 224 g/mol. The summed E-state index contributed by atoms with van der Waals surface area (Å²) in [6.45, 7) is 0. The summed E-state index contributed by atoms with van der Waals surface area (Å²) >= 11 is 1.18. The molecule has 1 nitrogen and oxygen atoms in total. The summed E-state index contributed by atoms with van der Waals surface area (Å²) < 4.78 is 2.14. The molecule has 0 aromatic carbocycles. The maximum absolute atomic E-state index is 2.14. The van der Waals surface area contributed by atoms with Gasteiger partial charge in [0.25, 0.3) is 0 Å². The zero-order chi connectivity index (χ0) is 3.58. The molecule has 0 atom stereocenters. The maximum Gasteiger partial charge on any atom is -1.00 e. The minimum absolute atomic E-state index is 0. The SMILES string of the molecule is C[N](C)[Hf].[H-]. The van der Waals surface area contributed by atoms with Crippen molar-refractivity contribution in [1.29, 1.82) is 0 Å². The van der Waals surface area contributed by atoms with E-state index in [-0.39, 0.29) is 1.43 Å². The molecule has 0 aliphatic rings. The molecule has 0 fully saturated rings. The molecule has 0 saturated carbocycles. The Morgan fingerprint density at radius 2 is 1.75 bits per heavy atom. The van der Waals surface area contributed by atoms with Crippen molar-refractivity contribution in [3.63, 3.8) is 0 Å². The van der Waals surface area contributed by atoms with Gasteiger partial charge in [0.05, 0.1) is 0 Å². The zero-order valence-corrected chi connectivity index (χ0v) is 6.54. The normalized spacial score (nSPS) is 8.50. The van der Waals surface area contributed by atoms with Crippen molar-refractivity contribution in [2.45, 2.75) is 0 Å². The predicted octanol–water partition coefficient (Wildman–Crippen LogP) is 0.122. The van der Waals surface area contributed by atoms with E-state index in [0.717, 1.165) is 0 Å². The fourth-order valence-corrected chi connectivity index (χ4v) is 0. The first-order valence-corrected chi connectivity index (χ1v) is 2.72. The molecule has 0 heterocycles. The Morgan fingerprint density at radius 3 is 1.75 bits per heavy atom. The second-order valence-corrected chi connectivity index (χ2v) is 4.11. The summed E-state index contributed by atoms with van der Waals surface area (Å²) in [5, 5.41) is 0.